The Morgan fingerprint density at radius 3 is 2.39 bits per heavy atom. The molecule has 0 aromatic heterocycles. The number of para-hydroxylation sites is 1. The fourth-order valence-electron chi connectivity index (χ4n) is 2.90. The molecule has 1 amide bonds. The second-order valence-corrected chi connectivity index (χ2v) is 5.91. The van der Waals surface area contributed by atoms with Crippen LogP contribution in [0.3, 0.4) is 0 Å². The maximum absolute atomic E-state index is 13.0. The van der Waals surface area contributed by atoms with Crippen LogP contribution >= 0.6 is 0 Å². The Kier molecular flexibility index (Phi) is 4.93. The molecule has 2 unspecified atom stereocenters. The molecule has 0 spiro atoms. The van der Waals surface area contributed by atoms with Crippen molar-refractivity contribution in [3.63, 3.8) is 0 Å². The van der Waals surface area contributed by atoms with Crippen LogP contribution in [0.4, 0.5) is 0 Å². The van der Waals surface area contributed by atoms with E-state index >= 15 is 0 Å². The number of ether oxygens (including phenoxy) is 1. The van der Waals surface area contributed by atoms with Crippen LogP contribution in [-0.2, 0) is 4.79 Å². The molecular weight excluding hydrogens is 288 g/mol. The summed E-state index contributed by atoms with van der Waals surface area (Å²) in [5.41, 5.74) is 6.88. The van der Waals surface area contributed by atoms with Crippen molar-refractivity contribution in [2.24, 2.45) is 5.73 Å². The van der Waals surface area contributed by atoms with Crippen molar-refractivity contribution < 1.29 is 9.53 Å². The minimum Gasteiger partial charge on any atom is -0.476 e. The van der Waals surface area contributed by atoms with Crippen LogP contribution in [0.25, 0.3) is 0 Å². The highest BCUT2D eigenvalue weighted by Gasteiger charge is 2.30. The van der Waals surface area contributed by atoms with E-state index in [4.69, 9.17) is 10.5 Å². The zero-order chi connectivity index (χ0) is 16.1. The highest BCUT2D eigenvalue weighted by Crippen LogP contribution is 2.25. The SMILES string of the molecule is NC1CCCN(C(=O)C(Oc2ccccc2)c2ccccc2)C1. The zero-order valence-corrected chi connectivity index (χ0v) is 13.1. The van der Waals surface area contributed by atoms with E-state index in [0.717, 1.165) is 24.9 Å². The monoisotopic (exact) mass is 310 g/mol. The number of carbonyl (C=O) groups excluding carboxylic acids is 1. The predicted molar refractivity (Wildman–Crippen MR) is 90.0 cm³/mol. The lowest BCUT2D eigenvalue weighted by atomic mass is 10.0. The van der Waals surface area contributed by atoms with Crippen LogP contribution in [0.15, 0.2) is 60.7 Å². The van der Waals surface area contributed by atoms with E-state index < -0.39 is 6.10 Å². The van der Waals surface area contributed by atoms with Gasteiger partial charge in [-0.25, -0.2) is 0 Å². The second-order valence-electron chi connectivity index (χ2n) is 5.91. The quantitative estimate of drug-likeness (QED) is 0.944. The van der Waals surface area contributed by atoms with Gasteiger partial charge in [-0.3, -0.25) is 4.79 Å². The van der Waals surface area contributed by atoms with E-state index in [1.807, 2.05) is 65.6 Å². The average molecular weight is 310 g/mol. The first kappa shape index (κ1) is 15.6. The largest absolute Gasteiger partial charge is 0.476 e. The molecule has 2 aromatic carbocycles. The molecule has 0 radical (unpaired) electrons. The lowest BCUT2D eigenvalue weighted by Crippen LogP contribution is -2.48. The predicted octanol–water partition coefficient (Wildman–Crippen LogP) is 2.76. The van der Waals surface area contributed by atoms with Crippen molar-refractivity contribution in [2.75, 3.05) is 13.1 Å². The molecule has 120 valence electrons. The van der Waals surface area contributed by atoms with Gasteiger partial charge in [0.1, 0.15) is 5.75 Å². The minimum absolute atomic E-state index is 0.0183. The van der Waals surface area contributed by atoms with E-state index in [1.54, 1.807) is 0 Å². The molecule has 4 nitrogen and oxygen atoms in total. The standard InChI is InChI=1S/C19H22N2O2/c20-16-10-7-13-21(14-16)19(22)18(15-8-3-1-4-9-15)23-17-11-5-2-6-12-17/h1-6,8-9,11-12,16,18H,7,10,13-14,20H2. The van der Waals surface area contributed by atoms with Gasteiger partial charge in [-0.05, 0) is 25.0 Å². The number of amides is 1. The lowest BCUT2D eigenvalue weighted by Gasteiger charge is -2.33. The number of rotatable bonds is 4. The summed E-state index contributed by atoms with van der Waals surface area (Å²) in [6, 6.07) is 19.2. The average Bonchev–Trinajstić information content (AvgIpc) is 2.61. The third-order valence-corrected chi connectivity index (χ3v) is 4.09. The smallest absolute Gasteiger partial charge is 0.268 e. The maximum atomic E-state index is 13.0. The Morgan fingerprint density at radius 2 is 1.74 bits per heavy atom. The van der Waals surface area contributed by atoms with E-state index in [9.17, 15) is 4.79 Å². The van der Waals surface area contributed by atoms with Gasteiger partial charge in [0.2, 0.25) is 6.10 Å². The van der Waals surface area contributed by atoms with E-state index in [1.165, 1.54) is 0 Å². The molecule has 23 heavy (non-hydrogen) atoms. The molecule has 0 bridgehead atoms. The molecule has 1 heterocycles. The van der Waals surface area contributed by atoms with Gasteiger partial charge in [0, 0.05) is 24.7 Å². The molecule has 1 saturated heterocycles. The van der Waals surface area contributed by atoms with Gasteiger partial charge in [-0.15, -0.1) is 0 Å². The maximum Gasteiger partial charge on any atom is 0.268 e. The fraction of sp³-hybridized carbons (Fsp3) is 0.316. The van der Waals surface area contributed by atoms with Gasteiger partial charge in [0.05, 0.1) is 0 Å². The van der Waals surface area contributed by atoms with E-state index in [2.05, 4.69) is 0 Å². The molecule has 0 aliphatic carbocycles. The second kappa shape index (κ2) is 7.29. The van der Waals surface area contributed by atoms with E-state index in [-0.39, 0.29) is 11.9 Å². The molecule has 2 aromatic rings. The van der Waals surface area contributed by atoms with Gasteiger partial charge in [-0.2, -0.15) is 0 Å². The first-order chi connectivity index (χ1) is 11.2. The van der Waals surface area contributed by atoms with Crippen LogP contribution in [0, 0.1) is 0 Å². The fourth-order valence-corrected chi connectivity index (χ4v) is 2.90. The van der Waals surface area contributed by atoms with Crippen LogP contribution in [0.2, 0.25) is 0 Å². The zero-order valence-electron chi connectivity index (χ0n) is 13.1. The van der Waals surface area contributed by atoms with Crippen LogP contribution in [0.5, 0.6) is 5.75 Å². The molecule has 0 saturated carbocycles. The summed E-state index contributed by atoms with van der Waals surface area (Å²) in [6.07, 6.45) is 1.28. The first-order valence-corrected chi connectivity index (χ1v) is 8.05. The number of benzene rings is 2. The number of nitrogens with two attached hydrogens (primary N) is 1. The van der Waals surface area contributed by atoms with Gasteiger partial charge in [-0.1, -0.05) is 48.5 Å². The Balaban J connectivity index is 1.84. The molecule has 2 N–H and O–H groups in total. The van der Waals surface area contributed by atoms with Crippen molar-refractivity contribution in [1.29, 1.82) is 0 Å². The summed E-state index contributed by atoms with van der Waals surface area (Å²) in [5.74, 6) is 0.672. The molecule has 1 aliphatic rings. The van der Waals surface area contributed by atoms with E-state index in [0.29, 0.717) is 12.3 Å². The summed E-state index contributed by atoms with van der Waals surface area (Å²) in [5, 5.41) is 0. The minimum atomic E-state index is -0.635. The Labute approximate surface area is 136 Å². The third kappa shape index (κ3) is 3.90. The summed E-state index contributed by atoms with van der Waals surface area (Å²) in [7, 11) is 0. The van der Waals surface area contributed by atoms with Crippen molar-refractivity contribution in [3.8, 4) is 5.75 Å². The highest BCUT2D eigenvalue weighted by atomic mass is 16.5. The first-order valence-electron chi connectivity index (χ1n) is 8.05. The number of piperidine rings is 1. The number of hydrogen-bond acceptors (Lipinski definition) is 3. The lowest BCUT2D eigenvalue weighted by molar-refractivity contribution is -0.140. The summed E-state index contributed by atoms with van der Waals surface area (Å²) in [6.45, 7) is 1.34. The normalized spacial score (nSPS) is 19.2. The molecule has 3 rings (SSSR count). The van der Waals surface area contributed by atoms with Gasteiger partial charge in [0.15, 0.2) is 0 Å². The van der Waals surface area contributed by atoms with Crippen molar-refractivity contribution in [1.82, 2.24) is 4.90 Å². The van der Waals surface area contributed by atoms with Crippen molar-refractivity contribution in [3.05, 3.63) is 66.2 Å². The highest BCUT2D eigenvalue weighted by molar-refractivity contribution is 5.83. The van der Waals surface area contributed by atoms with Crippen LogP contribution in [-0.4, -0.2) is 29.9 Å². The molecule has 1 aliphatic heterocycles. The van der Waals surface area contributed by atoms with Gasteiger partial charge >= 0.3 is 0 Å². The number of likely N-dealkylation sites (tertiary alicyclic amines) is 1. The molecular formula is C19H22N2O2. The van der Waals surface area contributed by atoms with Crippen LogP contribution < -0.4 is 10.5 Å². The topological polar surface area (TPSA) is 55.6 Å². The number of nitrogens with zero attached hydrogens (tertiary/aromatic N) is 1. The van der Waals surface area contributed by atoms with Crippen molar-refractivity contribution >= 4 is 5.91 Å². The summed E-state index contributed by atoms with van der Waals surface area (Å²) in [4.78, 5) is 14.8. The Bertz CT molecular complexity index is 630. The molecule has 4 heteroatoms. The molecule has 1 fully saturated rings. The van der Waals surface area contributed by atoms with Gasteiger partial charge in [0.25, 0.3) is 5.91 Å². The third-order valence-electron chi connectivity index (χ3n) is 4.09. The molecule has 2 atom stereocenters. The number of carbonyl (C=O) groups is 1. The summed E-state index contributed by atoms with van der Waals surface area (Å²) < 4.78 is 6.02. The Hall–Kier alpha value is -2.33. The van der Waals surface area contributed by atoms with Crippen LogP contribution in [0.1, 0.15) is 24.5 Å². The van der Waals surface area contributed by atoms with Crippen molar-refractivity contribution in [2.45, 2.75) is 25.0 Å². The summed E-state index contributed by atoms with van der Waals surface area (Å²) >= 11 is 0. The Morgan fingerprint density at radius 1 is 1.09 bits per heavy atom. The number of hydrogen-bond donors (Lipinski definition) is 1. The van der Waals surface area contributed by atoms with Gasteiger partial charge < -0.3 is 15.4 Å².